The first-order chi connectivity index (χ1) is 23.1. The van der Waals surface area contributed by atoms with Crippen LogP contribution in [0.2, 0.25) is 0 Å². The lowest BCUT2D eigenvalue weighted by Gasteiger charge is -2.41. The number of carbonyl (C=O) groups excluding carboxylic acids is 1. The lowest BCUT2D eigenvalue weighted by Crippen LogP contribution is -2.51. The third kappa shape index (κ3) is 7.77. The molecule has 3 aliphatic heterocycles. The number of benzene rings is 1. The van der Waals surface area contributed by atoms with Gasteiger partial charge in [0.25, 0.3) is 0 Å². The molecule has 1 N–H and O–H groups in total. The predicted octanol–water partition coefficient (Wildman–Crippen LogP) is 5.47. The minimum Gasteiger partial charge on any atom is -0.486 e. The number of nitrogens with one attached hydrogen (secondary N) is 1. The summed E-state index contributed by atoms with van der Waals surface area (Å²) in [6.45, 7) is 9.18. The SMILES string of the molecule is COc1nc(Nc2nccc(-c3ccc(O[C@H]4CCN(C(=O)OC(C)(C)C)C[C@@H]4F)c(C#N)c3)n2)ccc1C1CCN(C2COC2)CC1. The molecule has 0 aliphatic carbocycles. The molecule has 0 spiro atoms. The number of alkyl halides is 1. The highest BCUT2D eigenvalue weighted by atomic mass is 19.1. The Morgan fingerprint density at radius 2 is 1.88 bits per heavy atom. The second-order valence-electron chi connectivity index (χ2n) is 13.4. The van der Waals surface area contributed by atoms with Gasteiger partial charge < -0.3 is 29.2 Å². The fourth-order valence-electron chi connectivity index (χ4n) is 6.25. The van der Waals surface area contributed by atoms with E-state index in [-0.39, 0.29) is 30.8 Å². The summed E-state index contributed by atoms with van der Waals surface area (Å²) in [4.78, 5) is 30.0. The van der Waals surface area contributed by atoms with Gasteiger partial charge in [-0.05, 0) is 89.0 Å². The highest BCUT2D eigenvalue weighted by Crippen LogP contribution is 2.36. The zero-order valence-corrected chi connectivity index (χ0v) is 27.8. The molecule has 12 nitrogen and oxygen atoms in total. The molecule has 3 fully saturated rings. The summed E-state index contributed by atoms with van der Waals surface area (Å²) in [5.41, 5.74) is 1.93. The highest BCUT2D eigenvalue weighted by Gasteiger charge is 2.35. The van der Waals surface area contributed by atoms with E-state index in [9.17, 15) is 10.1 Å². The van der Waals surface area contributed by atoms with Crippen LogP contribution in [-0.2, 0) is 9.47 Å². The summed E-state index contributed by atoms with van der Waals surface area (Å²) < 4.78 is 37.5. The highest BCUT2D eigenvalue weighted by molar-refractivity contribution is 5.68. The summed E-state index contributed by atoms with van der Waals surface area (Å²) >= 11 is 0. The smallest absolute Gasteiger partial charge is 0.410 e. The van der Waals surface area contributed by atoms with Crippen LogP contribution in [0.25, 0.3) is 11.3 Å². The van der Waals surface area contributed by atoms with Gasteiger partial charge in [-0.3, -0.25) is 4.90 Å². The van der Waals surface area contributed by atoms with Crippen molar-refractivity contribution in [1.29, 1.82) is 5.26 Å². The van der Waals surface area contributed by atoms with Crippen LogP contribution in [0, 0.1) is 11.3 Å². The predicted molar refractivity (Wildman–Crippen MR) is 176 cm³/mol. The monoisotopic (exact) mass is 659 g/mol. The number of methoxy groups -OCH3 is 1. The average molecular weight is 660 g/mol. The van der Waals surface area contributed by atoms with Crippen LogP contribution in [0.15, 0.2) is 42.6 Å². The van der Waals surface area contributed by atoms with E-state index in [1.165, 1.54) is 4.90 Å². The van der Waals surface area contributed by atoms with Crippen molar-refractivity contribution >= 4 is 17.9 Å². The third-order valence-electron chi connectivity index (χ3n) is 8.89. The first kappa shape index (κ1) is 33.4. The van der Waals surface area contributed by atoms with Crippen molar-refractivity contribution in [3.8, 4) is 29.0 Å². The molecule has 48 heavy (non-hydrogen) atoms. The Hall–Kier alpha value is -4.54. The Morgan fingerprint density at radius 3 is 2.54 bits per heavy atom. The van der Waals surface area contributed by atoms with Gasteiger partial charge in [-0.15, -0.1) is 0 Å². The lowest BCUT2D eigenvalue weighted by molar-refractivity contribution is -0.0713. The summed E-state index contributed by atoms with van der Waals surface area (Å²) in [7, 11) is 1.63. The number of hydrogen-bond donors (Lipinski definition) is 1. The molecule has 3 saturated heterocycles. The number of aromatic nitrogens is 3. The van der Waals surface area contributed by atoms with Crippen LogP contribution in [0.3, 0.4) is 0 Å². The molecule has 3 aromatic rings. The van der Waals surface area contributed by atoms with Gasteiger partial charge in [-0.1, -0.05) is 0 Å². The number of carbonyl (C=O) groups is 1. The molecule has 0 bridgehead atoms. The summed E-state index contributed by atoms with van der Waals surface area (Å²) in [6.07, 6.45) is 1.19. The molecule has 254 valence electrons. The Labute approximate surface area is 280 Å². The lowest BCUT2D eigenvalue weighted by atomic mass is 9.89. The maximum absolute atomic E-state index is 15.1. The van der Waals surface area contributed by atoms with E-state index >= 15 is 4.39 Å². The molecule has 6 rings (SSSR count). The minimum atomic E-state index is -1.44. The van der Waals surface area contributed by atoms with Gasteiger partial charge in [-0.25, -0.2) is 19.2 Å². The van der Waals surface area contributed by atoms with Crippen LogP contribution >= 0.6 is 0 Å². The maximum atomic E-state index is 15.1. The van der Waals surface area contributed by atoms with Crippen molar-refractivity contribution in [1.82, 2.24) is 24.8 Å². The number of halogens is 1. The van der Waals surface area contributed by atoms with Crippen molar-refractivity contribution in [3.63, 3.8) is 0 Å². The number of rotatable bonds is 8. The third-order valence-corrected chi connectivity index (χ3v) is 8.89. The fourth-order valence-corrected chi connectivity index (χ4v) is 6.25. The second kappa shape index (κ2) is 14.3. The van der Waals surface area contributed by atoms with Gasteiger partial charge >= 0.3 is 6.09 Å². The number of likely N-dealkylation sites (tertiary alicyclic amines) is 2. The number of nitrogens with zero attached hydrogens (tertiary/aromatic N) is 6. The molecule has 2 atom stereocenters. The van der Waals surface area contributed by atoms with Crippen LogP contribution in [-0.4, -0.2) is 101 Å². The standard InChI is InChI=1S/C35H42FN7O5/c1-35(2,3)48-34(44)43-16-12-30(27(36)19-43)47-29-7-5-23(17-24(29)18-37)28-9-13-38-33(39-28)41-31-8-6-26(32(40-31)45-4)22-10-14-42(15-11-22)25-20-46-21-25/h5-9,13,17,22,25,27,30H,10-12,14-16,19-21H2,1-4H3,(H,38,39,40,41)/t27-,30-/m0/s1. The van der Waals surface area contributed by atoms with E-state index in [0.29, 0.717) is 40.9 Å². The van der Waals surface area contributed by atoms with E-state index in [1.807, 2.05) is 6.07 Å². The Balaban J connectivity index is 1.09. The van der Waals surface area contributed by atoms with Crippen LogP contribution in [0.1, 0.15) is 57.1 Å². The van der Waals surface area contributed by atoms with Crippen LogP contribution < -0.4 is 14.8 Å². The zero-order chi connectivity index (χ0) is 33.8. The molecule has 3 aliphatic rings. The molecule has 0 unspecified atom stereocenters. The second-order valence-corrected chi connectivity index (χ2v) is 13.4. The van der Waals surface area contributed by atoms with E-state index in [0.717, 1.165) is 44.7 Å². The quantitative estimate of drug-likeness (QED) is 0.330. The Bertz CT molecular complexity index is 1650. The topological polar surface area (TPSA) is 135 Å². The average Bonchev–Trinajstić information content (AvgIpc) is 3.04. The molecule has 0 radical (unpaired) electrons. The summed E-state index contributed by atoms with van der Waals surface area (Å²) in [5, 5.41) is 13.1. The number of anilines is 2. The van der Waals surface area contributed by atoms with E-state index in [4.69, 9.17) is 23.9 Å². The van der Waals surface area contributed by atoms with E-state index < -0.39 is 24.0 Å². The first-order valence-corrected chi connectivity index (χ1v) is 16.4. The van der Waals surface area contributed by atoms with Crippen LogP contribution in [0.4, 0.5) is 21.0 Å². The Morgan fingerprint density at radius 1 is 1.08 bits per heavy atom. The Kier molecular flexibility index (Phi) is 9.93. The summed E-state index contributed by atoms with van der Waals surface area (Å²) in [6, 6.07) is 13.5. The normalized spacial score (nSPS) is 20.8. The molecular weight excluding hydrogens is 617 g/mol. The fraction of sp³-hybridized carbons (Fsp3) is 0.514. The van der Waals surface area contributed by atoms with Crippen molar-refractivity contribution in [2.45, 2.75) is 69.9 Å². The summed E-state index contributed by atoms with van der Waals surface area (Å²) in [5.74, 6) is 2.12. The number of amides is 1. The van der Waals surface area contributed by atoms with Gasteiger partial charge in [-0.2, -0.15) is 10.2 Å². The molecule has 5 heterocycles. The number of nitriles is 1. The maximum Gasteiger partial charge on any atom is 0.410 e. The first-order valence-electron chi connectivity index (χ1n) is 16.4. The molecular formula is C35H42FN7O5. The van der Waals surface area contributed by atoms with Crippen molar-refractivity contribution < 1.29 is 28.1 Å². The van der Waals surface area contributed by atoms with Crippen molar-refractivity contribution in [2.75, 3.05) is 51.8 Å². The van der Waals surface area contributed by atoms with E-state index in [2.05, 4.69) is 32.3 Å². The molecule has 2 aromatic heterocycles. The molecule has 13 heteroatoms. The number of hydrogen-bond acceptors (Lipinski definition) is 11. The van der Waals surface area contributed by atoms with E-state index in [1.54, 1.807) is 58.3 Å². The van der Waals surface area contributed by atoms with Crippen LogP contribution in [0.5, 0.6) is 11.6 Å². The van der Waals surface area contributed by atoms with Gasteiger partial charge in [0, 0.05) is 30.3 Å². The van der Waals surface area contributed by atoms with Gasteiger partial charge in [0.15, 0.2) is 6.17 Å². The minimum absolute atomic E-state index is 0.143. The molecule has 1 amide bonds. The number of piperidine rings is 2. The molecule has 1 aromatic carbocycles. The zero-order valence-electron chi connectivity index (χ0n) is 27.8. The molecule has 0 saturated carbocycles. The van der Waals surface area contributed by atoms with Crippen molar-refractivity contribution in [2.24, 2.45) is 0 Å². The number of ether oxygens (including phenoxy) is 4. The largest absolute Gasteiger partial charge is 0.486 e. The number of pyridine rings is 1. The van der Waals surface area contributed by atoms with Gasteiger partial charge in [0.2, 0.25) is 11.8 Å². The van der Waals surface area contributed by atoms with Gasteiger partial charge in [0.05, 0.1) is 44.2 Å². The van der Waals surface area contributed by atoms with Gasteiger partial charge in [0.1, 0.15) is 29.3 Å². The van der Waals surface area contributed by atoms with Crippen molar-refractivity contribution in [3.05, 3.63) is 53.7 Å².